The summed E-state index contributed by atoms with van der Waals surface area (Å²) < 4.78 is 0. The molecule has 1 heterocycles. The van der Waals surface area contributed by atoms with Crippen molar-refractivity contribution in [3.63, 3.8) is 0 Å². The first-order valence-electron chi connectivity index (χ1n) is 10.1. The van der Waals surface area contributed by atoms with Gasteiger partial charge in [-0.15, -0.1) is 0 Å². The van der Waals surface area contributed by atoms with E-state index in [4.69, 9.17) is 0 Å². The van der Waals surface area contributed by atoms with Crippen LogP contribution in [-0.4, -0.2) is 38.6 Å². The van der Waals surface area contributed by atoms with Gasteiger partial charge in [-0.3, -0.25) is 4.79 Å². The predicted molar refractivity (Wildman–Crippen MR) is 114 cm³/mol. The molecule has 0 aromatic heterocycles. The molecule has 3 rings (SSSR count). The molecule has 0 atom stereocenters. The predicted octanol–water partition coefficient (Wildman–Crippen LogP) is 3.78. The number of hydrogen-bond donors (Lipinski definition) is 1. The number of hydrogen-bond acceptors (Lipinski definition) is 3. The summed E-state index contributed by atoms with van der Waals surface area (Å²) >= 11 is 0. The Bertz CT molecular complexity index is 759. The van der Waals surface area contributed by atoms with E-state index in [-0.39, 0.29) is 5.91 Å². The number of aryl methyl sites for hydroxylation is 2. The van der Waals surface area contributed by atoms with Crippen LogP contribution in [0.15, 0.2) is 48.5 Å². The molecule has 1 amide bonds. The maximum absolute atomic E-state index is 12.5. The summed E-state index contributed by atoms with van der Waals surface area (Å²) in [5, 5.41) is 3.11. The number of nitrogens with one attached hydrogen (secondary N) is 1. The molecule has 2 aromatic carbocycles. The van der Waals surface area contributed by atoms with Gasteiger partial charge in [0.15, 0.2) is 0 Å². The molecule has 144 valence electrons. The van der Waals surface area contributed by atoms with Gasteiger partial charge in [-0.25, -0.2) is 0 Å². The summed E-state index contributed by atoms with van der Waals surface area (Å²) in [4.78, 5) is 17.1. The second-order valence-electron chi connectivity index (χ2n) is 7.28. The lowest BCUT2D eigenvalue weighted by Gasteiger charge is -2.26. The average molecular weight is 366 g/mol. The van der Waals surface area contributed by atoms with Crippen LogP contribution >= 0.6 is 0 Å². The first-order chi connectivity index (χ1) is 13.2. The van der Waals surface area contributed by atoms with Crippen LogP contribution in [0.4, 0.5) is 11.4 Å². The van der Waals surface area contributed by atoms with Crippen molar-refractivity contribution < 1.29 is 4.79 Å². The maximum atomic E-state index is 12.5. The quantitative estimate of drug-likeness (QED) is 0.811. The van der Waals surface area contributed by atoms with E-state index in [0.29, 0.717) is 13.1 Å². The molecular weight excluding hydrogens is 334 g/mol. The normalized spacial score (nSPS) is 13.6. The zero-order chi connectivity index (χ0) is 19.1. The summed E-state index contributed by atoms with van der Waals surface area (Å²) in [7, 11) is 0. The molecule has 27 heavy (non-hydrogen) atoms. The Morgan fingerprint density at radius 2 is 2.00 bits per heavy atom. The molecule has 0 unspecified atom stereocenters. The summed E-state index contributed by atoms with van der Waals surface area (Å²) in [6, 6.07) is 17.0. The summed E-state index contributed by atoms with van der Waals surface area (Å²) in [6.07, 6.45) is 3.44. The summed E-state index contributed by atoms with van der Waals surface area (Å²) in [6.45, 7) is 8.07. The molecule has 1 N–H and O–H groups in total. The van der Waals surface area contributed by atoms with E-state index < -0.39 is 0 Å². The summed E-state index contributed by atoms with van der Waals surface area (Å²) in [5.41, 5.74) is 5.06. The van der Waals surface area contributed by atoms with Crippen molar-refractivity contribution in [2.24, 2.45) is 0 Å². The Labute approximate surface area is 163 Å². The largest absolute Gasteiger partial charge is 0.370 e. The lowest BCUT2D eigenvalue weighted by molar-refractivity contribution is -0.119. The fourth-order valence-electron chi connectivity index (χ4n) is 3.79. The van der Waals surface area contributed by atoms with Gasteiger partial charge in [-0.05, 0) is 62.4 Å². The SMILES string of the molecule is CCN(CCNC(=O)CN1CCCCc2ccccc21)c1cccc(C)c1. The van der Waals surface area contributed by atoms with Crippen molar-refractivity contribution >= 4 is 17.3 Å². The van der Waals surface area contributed by atoms with Gasteiger partial charge in [0.1, 0.15) is 0 Å². The highest BCUT2D eigenvalue weighted by molar-refractivity contribution is 5.81. The van der Waals surface area contributed by atoms with E-state index in [1.165, 1.54) is 28.9 Å². The molecule has 0 radical (unpaired) electrons. The van der Waals surface area contributed by atoms with Gasteiger partial charge in [0.25, 0.3) is 0 Å². The number of para-hydroxylation sites is 1. The number of likely N-dealkylation sites (N-methyl/N-ethyl adjacent to an activating group) is 1. The second kappa shape index (κ2) is 9.45. The number of amides is 1. The Morgan fingerprint density at radius 1 is 1.15 bits per heavy atom. The molecule has 2 aromatic rings. The average Bonchev–Trinajstić information content (AvgIpc) is 2.88. The van der Waals surface area contributed by atoms with Crippen LogP contribution in [0.3, 0.4) is 0 Å². The molecule has 4 heteroatoms. The first kappa shape index (κ1) is 19.3. The van der Waals surface area contributed by atoms with E-state index in [9.17, 15) is 4.79 Å². The van der Waals surface area contributed by atoms with Crippen LogP contribution in [0, 0.1) is 6.92 Å². The third-order valence-corrected chi connectivity index (χ3v) is 5.24. The third kappa shape index (κ3) is 5.25. The van der Waals surface area contributed by atoms with Gasteiger partial charge < -0.3 is 15.1 Å². The molecule has 0 saturated heterocycles. The lowest BCUT2D eigenvalue weighted by Crippen LogP contribution is -2.41. The van der Waals surface area contributed by atoms with Crippen LogP contribution in [0.1, 0.15) is 30.9 Å². The number of rotatable bonds is 7. The van der Waals surface area contributed by atoms with Gasteiger partial charge in [0.05, 0.1) is 6.54 Å². The van der Waals surface area contributed by atoms with Crippen LogP contribution < -0.4 is 15.1 Å². The van der Waals surface area contributed by atoms with E-state index in [1.54, 1.807) is 0 Å². The number of anilines is 2. The molecule has 0 saturated carbocycles. The molecule has 0 aliphatic carbocycles. The zero-order valence-electron chi connectivity index (χ0n) is 16.6. The van der Waals surface area contributed by atoms with Gasteiger partial charge >= 0.3 is 0 Å². The fraction of sp³-hybridized carbons (Fsp3) is 0.435. The smallest absolute Gasteiger partial charge is 0.239 e. The Morgan fingerprint density at radius 3 is 2.81 bits per heavy atom. The lowest BCUT2D eigenvalue weighted by atomic mass is 10.1. The highest BCUT2D eigenvalue weighted by Crippen LogP contribution is 2.25. The molecule has 0 fully saturated rings. The Balaban J connectivity index is 1.52. The molecule has 1 aliphatic heterocycles. The molecule has 0 spiro atoms. The van der Waals surface area contributed by atoms with Crippen molar-refractivity contribution in [3.8, 4) is 0 Å². The number of carbonyl (C=O) groups is 1. The van der Waals surface area contributed by atoms with Crippen LogP contribution in [0.25, 0.3) is 0 Å². The van der Waals surface area contributed by atoms with Crippen molar-refractivity contribution in [2.45, 2.75) is 33.1 Å². The summed E-state index contributed by atoms with van der Waals surface area (Å²) in [5.74, 6) is 0.104. The minimum atomic E-state index is 0.104. The molecular formula is C23H31N3O. The monoisotopic (exact) mass is 365 g/mol. The minimum absolute atomic E-state index is 0.104. The topological polar surface area (TPSA) is 35.6 Å². The van der Waals surface area contributed by atoms with Crippen molar-refractivity contribution in [2.75, 3.05) is 42.5 Å². The molecule has 0 bridgehead atoms. The fourth-order valence-corrected chi connectivity index (χ4v) is 3.79. The van der Waals surface area contributed by atoms with E-state index >= 15 is 0 Å². The molecule has 1 aliphatic rings. The van der Waals surface area contributed by atoms with Crippen LogP contribution in [0.5, 0.6) is 0 Å². The first-order valence-corrected chi connectivity index (χ1v) is 10.1. The highest BCUT2D eigenvalue weighted by atomic mass is 16.2. The van der Waals surface area contributed by atoms with E-state index in [2.05, 4.69) is 77.5 Å². The van der Waals surface area contributed by atoms with Crippen LogP contribution in [-0.2, 0) is 11.2 Å². The van der Waals surface area contributed by atoms with Crippen molar-refractivity contribution in [1.82, 2.24) is 5.32 Å². The van der Waals surface area contributed by atoms with Gasteiger partial charge in [0.2, 0.25) is 5.91 Å². The van der Waals surface area contributed by atoms with E-state index in [0.717, 1.165) is 32.5 Å². The van der Waals surface area contributed by atoms with Gasteiger partial charge in [-0.2, -0.15) is 0 Å². The number of fused-ring (bicyclic) bond motifs is 1. The Kier molecular flexibility index (Phi) is 6.74. The van der Waals surface area contributed by atoms with E-state index in [1.807, 2.05) is 0 Å². The number of nitrogens with zero attached hydrogens (tertiary/aromatic N) is 2. The number of carbonyl (C=O) groups excluding carboxylic acids is 1. The highest BCUT2D eigenvalue weighted by Gasteiger charge is 2.17. The van der Waals surface area contributed by atoms with Crippen LogP contribution in [0.2, 0.25) is 0 Å². The zero-order valence-corrected chi connectivity index (χ0v) is 16.6. The van der Waals surface area contributed by atoms with Gasteiger partial charge in [0, 0.05) is 37.6 Å². The molecule has 4 nitrogen and oxygen atoms in total. The Hall–Kier alpha value is -2.49. The minimum Gasteiger partial charge on any atom is -0.370 e. The van der Waals surface area contributed by atoms with Crippen molar-refractivity contribution in [3.05, 3.63) is 59.7 Å². The third-order valence-electron chi connectivity index (χ3n) is 5.24. The second-order valence-corrected chi connectivity index (χ2v) is 7.28. The number of benzene rings is 2. The van der Waals surface area contributed by atoms with Gasteiger partial charge in [-0.1, -0.05) is 30.3 Å². The van der Waals surface area contributed by atoms with Crippen molar-refractivity contribution in [1.29, 1.82) is 0 Å². The maximum Gasteiger partial charge on any atom is 0.239 e. The standard InChI is InChI=1S/C23H31N3O/c1-3-25(21-12-8-9-19(2)17-21)16-14-24-23(27)18-26-15-7-6-11-20-10-4-5-13-22(20)26/h4-5,8-10,12-13,17H,3,6-7,11,14-16,18H2,1-2H3,(H,24,27).